The predicted molar refractivity (Wildman–Crippen MR) is 107 cm³/mol. The third kappa shape index (κ3) is 7.48. The summed E-state index contributed by atoms with van der Waals surface area (Å²) in [5, 5.41) is 6.70. The van der Waals surface area contributed by atoms with Gasteiger partial charge in [0.15, 0.2) is 5.96 Å². The van der Waals surface area contributed by atoms with Crippen LogP contribution in [0, 0.1) is 11.7 Å². The summed E-state index contributed by atoms with van der Waals surface area (Å²) in [5.41, 5.74) is 0.949. The molecule has 2 atom stereocenters. The minimum atomic E-state index is -0.208. The smallest absolute Gasteiger partial charge is 0.191 e. The Morgan fingerprint density at radius 1 is 1.26 bits per heavy atom. The van der Waals surface area contributed by atoms with Crippen molar-refractivity contribution in [3.8, 4) is 0 Å². The zero-order valence-electron chi connectivity index (χ0n) is 14.9. The second-order valence-corrected chi connectivity index (χ2v) is 6.16. The number of aliphatic imine (C=N–C) groups is 1. The molecule has 0 heterocycles. The molecule has 2 N–H and O–H groups in total. The molecule has 6 heteroatoms. The van der Waals surface area contributed by atoms with Crippen LogP contribution in [0.2, 0.25) is 0 Å². The minimum absolute atomic E-state index is 0. The first-order valence-corrected chi connectivity index (χ1v) is 7.74. The summed E-state index contributed by atoms with van der Waals surface area (Å²) in [4.78, 5) is 6.33. The van der Waals surface area contributed by atoms with Gasteiger partial charge in [0.05, 0.1) is 6.04 Å². The van der Waals surface area contributed by atoms with Crippen LogP contribution in [0.5, 0.6) is 0 Å². The van der Waals surface area contributed by atoms with Gasteiger partial charge in [0.2, 0.25) is 0 Å². The molecule has 1 rings (SSSR count). The molecular formula is C17H30FIN4. The van der Waals surface area contributed by atoms with Gasteiger partial charge in [0.1, 0.15) is 5.82 Å². The normalized spacial score (nSPS) is 14.4. The summed E-state index contributed by atoms with van der Waals surface area (Å²) in [6, 6.07) is 7.15. The third-order valence-corrected chi connectivity index (χ3v) is 3.91. The first-order valence-electron chi connectivity index (χ1n) is 7.74. The summed E-state index contributed by atoms with van der Waals surface area (Å²) < 4.78 is 13.4. The van der Waals surface area contributed by atoms with E-state index < -0.39 is 0 Å². The monoisotopic (exact) mass is 436 g/mol. The minimum Gasteiger partial charge on any atom is -0.354 e. The average Bonchev–Trinajstić information content (AvgIpc) is 2.45. The second-order valence-electron chi connectivity index (χ2n) is 6.16. The maximum atomic E-state index is 13.4. The molecule has 2 unspecified atom stereocenters. The number of nitrogens with one attached hydrogen (secondary N) is 2. The lowest BCUT2D eigenvalue weighted by Crippen LogP contribution is -2.46. The SMILES string of the molecule is CN=C(NCC(c1cccc(F)c1)N(C)C)NC(C)C(C)C.I. The van der Waals surface area contributed by atoms with Gasteiger partial charge in [-0.1, -0.05) is 26.0 Å². The van der Waals surface area contributed by atoms with E-state index >= 15 is 0 Å². The number of hydrogen-bond acceptors (Lipinski definition) is 2. The molecule has 0 aliphatic rings. The van der Waals surface area contributed by atoms with Crippen LogP contribution in [0.3, 0.4) is 0 Å². The van der Waals surface area contributed by atoms with E-state index in [2.05, 4.69) is 41.3 Å². The van der Waals surface area contributed by atoms with Gasteiger partial charge in [0.25, 0.3) is 0 Å². The Labute approximate surface area is 157 Å². The number of guanidine groups is 1. The highest BCUT2D eigenvalue weighted by Crippen LogP contribution is 2.18. The van der Waals surface area contributed by atoms with Crippen molar-refractivity contribution in [2.45, 2.75) is 32.9 Å². The van der Waals surface area contributed by atoms with E-state index in [0.717, 1.165) is 11.5 Å². The van der Waals surface area contributed by atoms with Gasteiger partial charge in [0, 0.05) is 19.6 Å². The standard InChI is InChI=1S/C17H29FN4.HI/c1-12(2)13(3)21-17(19-4)20-11-16(22(5)6)14-8-7-9-15(18)10-14;/h7-10,12-13,16H,11H2,1-6H3,(H2,19,20,21);1H. The summed E-state index contributed by atoms with van der Waals surface area (Å²) in [6.45, 7) is 7.12. The molecule has 23 heavy (non-hydrogen) atoms. The highest BCUT2D eigenvalue weighted by Gasteiger charge is 2.16. The Hall–Kier alpha value is -0.890. The zero-order chi connectivity index (χ0) is 16.7. The molecule has 0 radical (unpaired) electrons. The topological polar surface area (TPSA) is 39.7 Å². The molecule has 0 saturated heterocycles. The molecule has 1 aromatic rings. The van der Waals surface area contributed by atoms with Crippen molar-refractivity contribution in [2.24, 2.45) is 10.9 Å². The van der Waals surface area contributed by atoms with Crippen LogP contribution in [0.25, 0.3) is 0 Å². The largest absolute Gasteiger partial charge is 0.354 e. The predicted octanol–water partition coefficient (Wildman–Crippen LogP) is 3.26. The van der Waals surface area contributed by atoms with E-state index in [1.54, 1.807) is 19.2 Å². The quantitative estimate of drug-likeness (QED) is 0.409. The van der Waals surface area contributed by atoms with Crippen molar-refractivity contribution >= 4 is 29.9 Å². The Morgan fingerprint density at radius 3 is 2.39 bits per heavy atom. The van der Waals surface area contributed by atoms with E-state index in [-0.39, 0.29) is 35.8 Å². The zero-order valence-corrected chi connectivity index (χ0v) is 17.3. The number of nitrogens with zero attached hydrogens (tertiary/aromatic N) is 2. The van der Waals surface area contributed by atoms with E-state index in [9.17, 15) is 4.39 Å². The molecule has 0 aliphatic heterocycles. The molecule has 0 spiro atoms. The lowest BCUT2D eigenvalue weighted by Gasteiger charge is -2.27. The molecule has 0 aromatic heterocycles. The van der Waals surface area contributed by atoms with Crippen molar-refractivity contribution in [2.75, 3.05) is 27.7 Å². The average molecular weight is 436 g/mol. The van der Waals surface area contributed by atoms with Gasteiger partial charge >= 0.3 is 0 Å². The Morgan fingerprint density at radius 2 is 1.91 bits per heavy atom. The van der Waals surface area contributed by atoms with Gasteiger partial charge in [-0.3, -0.25) is 4.99 Å². The van der Waals surface area contributed by atoms with Crippen molar-refractivity contribution in [3.05, 3.63) is 35.6 Å². The molecule has 4 nitrogen and oxygen atoms in total. The molecule has 0 aliphatic carbocycles. The lowest BCUT2D eigenvalue weighted by molar-refractivity contribution is 0.297. The first-order chi connectivity index (χ1) is 10.3. The fourth-order valence-electron chi connectivity index (χ4n) is 2.08. The molecule has 0 fully saturated rings. The van der Waals surface area contributed by atoms with Crippen LogP contribution in [0.15, 0.2) is 29.3 Å². The van der Waals surface area contributed by atoms with E-state index in [1.165, 1.54) is 6.07 Å². The molecular weight excluding hydrogens is 406 g/mol. The highest BCUT2D eigenvalue weighted by molar-refractivity contribution is 14.0. The summed E-state index contributed by atoms with van der Waals surface area (Å²) in [7, 11) is 5.74. The number of likely N-dealkylation sites (N-methyl/N-ethyl adjacent to an activating group) is 1. The molecule has 1 aromatic carbocycles. The second kappa shape index (κ2) is 10.8. The number of halogens is 2. The van der Waals surface area contributed by atoms with Crippen molar-refractivity contribution in [3.63, 3.8) is 0 Å². The van der Waals surface area contributed by atoms with Crippen LogP contribution in [0.1, 0.15) is 32.4 Å². The Balaban J connectivity index is 0.00000484. The van der Waals surface area contributed by atoms with E-state index in [4.69, 9.17) is 0 Å². The Kier molecular flexibility index (Phi) is 10.4. The van der Waals surface area contributed by atoms with Gasteiger partial charge in [-0.2, -0.15) is 0 Å². The van der Waals surface area contributed by atoms with Crippen LogP contribution in [0.4, 0.5) is 4.39 Å². The van der Waals surface area contributed by atoms with E-state index in [1.807, 2.05) is 20.2 Å². The van der Waals surface area contributed by atoms with Crippen molar-refractivity contribution < 1.29 is 4.39 Å². The van der Waals surface area contributed by atoms with Crippen LogP contribution in [-0.4, -0.2) is 44.6 Å². The maximum absolute atomic E-state index is 13.4. The molecule has 0 amide bonds. The Bertz CT molecular complexity index is 491. The van der Waals surface area contributed by atoms with Crippen molar-refractivity contribution in [1.29, 1.82) is 0 Å². The number of rotatable bonds is 6. The molecule has 0 saturated carbocycles. The number of hydrogen-bond donors (Lipinski definition) is 2. The molecule has 132 valence electrons. The fourth-order valence-corrected chi connectivity index (χ4v) is 2.08. The van der Waals surface area contributed by atoms with Crippen LogP contribution >= 0.6 is 24.0 Å². The fraction of sp³-hybridized carbons (Fsp3) is 0.588. The summed E-state index contributed by atoms with van der Waals surface area (Å²) >= 11 is 0. The van der Waals surface area contributed by atoms with Gasteiger partial charge in [-0.25, -0.2) is 4.39 Å². The van der Waals surface area contributed by atoms with Crippen LogP contribution < -0.4 is 10.6 Å². The van der Waals surface area contributed by atoms with Crippen molar-refractivity contribution in [1.82, 2.24) is 15.5 Å². The van der Waals surface area contributed by atoms with E-state index in [0.29, 0.717) is 18.5 Å². The van der Waals surface area contributed by atoms with Gasteiger partial charge < -0.3 is 15.5 Å². The maximum Gasteiger partial charge on any atom is 0.191 e. The first kappa shape index (κ1) is 22.1. The number of benzene rings is 1. The van der Waals surface area contributed by atoms with Gasteiger partial charge in [-0.05, 0) is 44.6 Å². The summed E-state index contributed by atoms with van der Waals surface area (Å²) in [6.07, 6.45) is 0. The third-order valence-electron chi connectivity index (χ3n) is 3.91. The van der Waals surface area contributed by atoms with Gasteiger partial charge in [-0.15, -0.1) is 24.0 Å². The summed E-state index contributed by atoms with van der Waals surface area (Å²) in [5.74, 6) is 1.08. The lowest BCUT2D eigenvalue weighted by atomic mass is 10.1. The van der Waals surface area contributed by atoms with Crippen LogP contribution in [-0.2, 0) is 0 Å². The highest BCUT2D eigenvalue weighted by atomic mass is 127. The molecule has 0 bridgehead atoms.